The lowest BCUT2D eigenvalue weighted by atomic mass is 10.3. The van der Waals surface area contributed by atoms with Crippen LogP contribution in [0.25, 0.3) is 0 Å². The summed E-state index contributed by atoms with van der Waals surface area (Å²) in [4.78, 5) is 13.7. The van der Waals surface area contributed by atoms with Crippen LogP contribution in [0.4, 0.5) is 0 Å². The molecule has 0 saturated carbocycles. The molecule has 78 valence electrons. The molecule has 1 aromatic rings. The Morgan fingerprint density at radius 2 is 2.29 bits per heavy atom. The van der Waals surface area contributed by atoms with Gasteiger partial charge < -0.3 is 11.1 Å². The standard InChI is InChI=1S/C10H16N2OS/c1-6-4-9(14-8(6)3)5-12-10(13)7(2)11/h4,7H,5,11H2,1-3H3,(H,12,13)/t7-/m0/s1. The zero-order valence-corrected chi connectivity index (χ0v) is 9.57. The van der Waals surface area contributed by atoms with Gasteiger partial charge in [0.05, 0.1) is 12.6 Å². The Morgan fingerprint density at radius 3 is 2.71 bits per heavy atom. The molecule has 0 aliphatic heterocycles. The van der Waals surface area contributed by atoms with Crippen LogP contribution < -0.4 is 11.1 Å². The molecule has 1 heterocycles. The van der Waals surface area contributed by atoms with Crippen molar-refractivity contribution in [3.63, 3.8) is 0 Å². The van der Waals surface area contributed by atoms with Crippen LogP contribution in [0.3, 0.4) is 0 Å². The van der Waals surface area contributed by atoms with Crippen LogP contribution in [0.5, 0.6) is 0 Å². The number of nitrogens with one attached hydrogen (secondary N) is 1. The van der Waals surface area contributed by atoms with E-state index in [4.69, 9.17) is 5.73 Å². The van der Waals surface area contributed by atoms with Crippen LogP contribution in [0.2, 0.25) is 0 Å². The third-order valence-electron chi connectivity index (χ3n) is 2.07. The fourth-order valence-electron chi connectivity index (χ4n) is 1.07. The van der Waals surface area contributed by atoms with Crippen LogP contribution in [-0.2, 0) is 11.3 Å². The van der Waals surface area contributed by atoms with Crippen molar-refractivity contribution in [2.24, 2.45) is 5.73 Å². The van der Waals surface area contributed by atoms with Crippen molar-refractivity contribution in [1.82, 2.24) is 5.32 Å². The van der Waals surface area contributed by atoms with E-state index in [0.29, 0.717) is 6.54 Å². The molecule has 0 bridgehead atoms. The smallest absolute Gasteiger partial charge is 0.236 e. The van der Waals surface area contributed by atoms with Gasteiger partial charge in [0.25, 0.3) is 0 Å². The summed E-state index contributed by atoms with van der Waals surface area (Å²) in [5.74, 6) is -0.103. The van der Waals surface area contributed by atoms with Crippen molar-refractivity contribution in [2.75, 3.05) is 0 Å². The quantitative estimate of drug-likeness (QED) is 0.794. The maximum atomic E-state index is 11.2. The second-order valence-corrected chi connectivity index (χ2v) is 4.80. The van der Waals surface area contributed by atoms with Crippen LogP contribution in [0.1, 0.15) is 22.2 Å². The predicted octanol–water partition coefficient (Wildman–Crippen LogP) is 1.33. The van der Waals surface area contributed by atoms with Gasteiger partial charge in [-0.25, -0.2) is 0 Å². The number of thiophene rings is 1. The van der Waals surface area contributed by atoms with Crippen LogP contribution >= 0.6 is 11.3 Å². The molecule has 0 radical (unpaired) electrons. The van der Waals surface area contributed by atoms with Crippen molar-refractivity contribution in [2.45, 2.75) is 33.4 Å². The van der Waals surface area contributed by atoms with Gasteiger partial charge in [-0.1, -0.05) is 0 Å². The van der Waals surface area contributed by atoms with Gasteiger partial charge in [0.1, 0.15) is 0 Å². The average molecular weight is 212 g/mol. The monoisotopic (exact) mass is 212 g/mol. The fraction of sp³-hybridized carbons (Fsp3) is 0.500. The molecule has 14 heavy (non-hydrogen) atoms. The summed E-state index contributed by atoms with van der Waals surface area (Å²) in [6.45, 7) is 6.42. The van der Waals surface area contributed by atoms with Crippen LogP contribution in [-0.4, -0.2) is 11.9 Å². The van der Waals surface area contributed by atoms with E-state index >= 15 is 0 Å². The Kier molecular flexibility index (Phi) is 3.66. The highest BCUT2D eigenvalue weighted by Gasteiger charge is 2.07. The van der Waals surface area contributed by atoms with Crippen molar-refractivity contribution < 1.29 is 4.79 Å². The molecule has 0 aromatic carbocycles. The van der Waals surface area contributed by atoms with Crippen LogP contribution in [0.15, 0.2) is 6.07 Å². The molecular formula is C10H16N2OS. The van der Waals surface area contributed by atoms with Gasteiger partial charge >= 0.3 is 0 Å². The number of carbonyl (C=O) groups excluding carboxylic acids is 1. The predicted molar refractivity (Wildman–Crippen MR) is 59.3 cm³/mol. The molecular weight excluding hydrogens is 196 g/mol. The molecule has 0 aliphatic carbocycles. The van der Waals surface area contributed by atoms with Gasteiger partial charge in [-0.05, 0) is 32.4 Å². The molecule has 1 rings (SSSR count). The van der Waals surface area contributed by atoms with E-state index in [1.807, 2.05) is 0 Å². The van der Waals surface area contributed by atoms with E-state index in [2.05, 4.69) is 25.2 Å². The second-order valence-electron chi connectivity index (χ2n) is 3.46. The number of carbonyl (C=O) groups is 1. The van der Waals surface area contributed by atoms with Gasteiger partial charge in [0, 0.05) is 9.75 Å². The molecule has 0 aliphatic rings. The Balaban J connectivity index is 2.50. The number of nitrogens with two attached hydrogens (primary N) is 1. The summed E-state index contributed by atoms with van der Waals surface area (Å²) in [5, 5.41) is 2.79. The van der Waals surface area contributed by atoms with Crippen molar-refractivity contribution >= 4 is 17.2 Å². The van der Waals surface area contributed by atoms with Gasteiger partial charge in [-0.15, -0.1) is 11.3 Å². The highest BCUT2D eigenvalue weighted by molar-refractivity contribution is 7.12. The summed E-state index contributed by atoms with van der Waals surface area (Å²) < 4.78 is 0. The van der Waals surface area contributed by atoms with E-state index in [0.717, 1.165) is 0 Å². The normalized spacial score (nSPS) is 12.6. The summed E-state index contributed by atoms with van der Waals surface area (Å²) in [5.41, 5.74) is 6.70. The Labute approximate surface area is 88.3 Å². The van der Waals surface area contributed by atoms with Gasteiger partial charge in [0.2, 0.25) is 5.91 Å². The minimum Gasteiger partial charge on any atom is -0.350 e. The molecule has 3 N–H and O–H groups in total. The average Bonchev–Trinajstić information content (AvgIpc) is 2.42. The van der Waals surface area contributed by atoms with E-state index in [-0.39, 0.29) is 5.91 Å². The van der Waals surface area contributed by atoms with Crippen LogP contribution in [0, 0.1) is 13.8 Å². The number of amides is 1. The molecule has 4 heteroatoms. The lowest BCUT2D eigenvalue weighted by Gasteiger charge is -2.05. The fourth-order valence-corrected chi connectivity index (χ4v) is 2.07. The zero-order valence-electron chi connectivity index (χ0n) is 8.76. The van der Waals surface area contributed by atoms with Gasteiger partial charge in [-0.3, -0.25) is 4.79 Å². The summed E-state index contributed by atoms with van der Waals surface area (Å²) in [6.07, 6.45) is 0. The molecule has 1 atom stereocenters. The summed E-state index contributed by atoms with van der Waals surface area (Å²) in [7, 11) is 0. The highest BCUT2D eigenvalue weighted by Crippen LogP contribution is 2.20. The first-order valence-electron chi connectivity index (χ1n) is 4.60. The lowest BCUT2D eigenvalue weighted by Crippen LogP contribution is -2.37. The number of rotatable bonds is 3. The van der Waals surface area contributed by atoms with Crippen molar-refractivity contribution in [1.29, 1.82) is 0 Å². The number of hydrogen-bond donors (Lipinski definition) is 2. The minimum atomic E-state index is -0.433. The second kappa shape index (κ2) is 4.57. The maximum Gasteiger partial charge on any atom is 0.236 e. The summed E-state index contributed by atoms with van der Waals surface area (Å²) in [6, 6.07) is 1.67. The largest absolute Gasteiger partial charge is 0.350 e. The molecule has 1 aromatic heterocycles. The van der Waals surface area contributed by atoms with Crippen molar-refractivity contribution in [3.8, 4) is 0 Å². The van der Waals surface area contributed by atoms with E-state index in [1.165, 1.54) is 15.3 Å². The number of aryl methyl sites for hydroxylation is 2. The number of hydrogen-bond acceptors (Lipinski definition) is 3. The third-order valence-corrected chi connectivity index (χ3v) is 3.22. The Hall–Kier alpha value is -0.870. The van der Waals surface area contributed by atoms with E-state index in [1.54, 1.807) is 18.3 Å². The van der Waals surface area contributed by atoms with E-state index < -0.39 is 6.04 Å². The zero-order chi connectivity index (χ0) is 10.7. The molecule has 0 unspecified atom stereocenters. The van der Waals surface area contributed by atoms with Gasteiger partial charge in [-0.2, -0.15) is 0 Å². The first kappa shape index (κ1) is 11.2. The maximum absolute atomic E-state index is 11.2. The first-order valence-corrected chi connectivity index (χ1v) is 5.41. The topological polar surface area (TPSA) is 55.1 Å². The SMILES string of the molecule is Cc1cc(CNC(=O)[C@H](C)N)sc1C. The summed E-state index contributed by atoms with van der Waals surface area (Å²) >= 11 is 1.71. The first-order chi connectivity index (χ1) is 6.50. The molecule has 0 spiro atoms. The molecule has 0 saturated heterocycles. The van der Waals surface area contributed by atoms with E-state index in [9.17, 15) is 4.79 Å². The molecule has 1 amide bonds. The highest BCUT2D eigenvalue weighted by atomic mass is 32.1. The Bertz CT molecular complexity index is 311. The third kappa shape index (κ3) is 2.82. The lowest BCUT2D eigenvalue weighted by molar-refractivity contribution is -0.122. The minimum absolute atomic E-state index is 0.103. The van der Waals surface area contributed by atoms with Gasteiger partial charge in [0.15, 0.2) is 0 Å². The molecule has 3 nitrogen and oxygen atoms in total. The molecule has 0 fully saturated rings. The van der Waals surface area contributed by atoms with Crippen molar-refractivity contribution in [3.05, 3.63) is 21.4 Å². The Morgan fingerprint density at radius 1 is 1.64 bits per heavy atom.